The lowest BCUT2D eigenvalue weighted by Crippen LogP contribution is -2.54. The zero-order valence-electron chi connectivity index (χ0n) is 13.9. The number of hydrogen-bond acceptors (Lipinski definition) is 3. The summed E-state index contributed by atoms with van der Waals surface area (Å²) in [6, 6.07) is 8.29. The fourth-order valence-corrected chi connectivity index (χ4v) is 3.74. The van der Waals surface area contributed by atoms with Crippen molar-refractivity contribution in [1.29, 1.82) is 0 Å². The van der Waals surface area contributed by atoms with E-state index < -0.39 is 6.10 Å². The summed E-state index contributed by atoms with van der Waals surface area (Å²) in [4.78, 5) is 14.6. The van der Waals surface area contributed by atoms with Gasteiger partial charge in [0.15, 0.2) is 0 Å². The molecule has 0 radical (unpaired) electrons. The highest BCUT2D eigenvalue weighted by Gasteiger charge is 2.34. The standard InChI is InChI=1S/C18H26N2O3/c1-12-9-14-5-3-4-6-16(14)17(12)19-18(22)20-7-8-23-11-15(20)10-13(2)21/h3-6,12-13,15,17,21H,7-11H2,1-2H3,(H,19,22)/t12-,13-,15+,17+/m0/s1. The number of carbonyl (C=O) groups excluding carboxylic acids is 1. The van der Waals surface area contributed by atoms with Crippen molar-refractivity contribution < 1.29 is 14.6 Å². The largest absolute Gasteiger partial charge is 0.393 e. The SMILES string of the molecule is C[C@H](O)C[C@@H]1COCCN1C(=O)N[C@H]1c2ccccc2C[C@@H]1C. The van der Waals surface area contributed by atoms with Gasteiger partial charge < -0.3 is 20.1 Å². The van der Waals surface area contributed by atoms with Gasteiger partial charge in [-0.2, -0.15) is 0 Å². The first kappa shape index (κ1) is 16.3. The summed E-state index contributed by atoms with van der Waals surface area (Å²) >= 11 is 0. The third kappa shape index (κ3) is 3.51. The molecule has 0 unspecified atom stereocenters. The molecule has 1 aliphatic heterocycles. The van der Waals surface area contributed by atoms with Crippen molar-refractivity contribution in [2.75, 3.05) is 19.8 Å². The third-order valence-electron chi connectivity index (χ3n) is 4.88. The van der Waals surface area contributed by atoms with E-state index >= 15 is 0 Å². The number of benzene rings is 1. The minimum absolute atomic E-state index is 0.0486. The lowest BCUT2D eigenvalue weighted by molar-refractivity contribution is -0.00507. The van der Waals surface area contributed by atoms with Gasteiger partial charge in [-0.05, 0) is 36.8 Å². The molecule has 0 bridgehead atoms. The van der Waals surface area contributed by atoms with E-state index in [2.05, 4.69) is 30.4 Å². The van der Waals surface area contributed by atoms with Gasteiger partial charge >= 0.3 is 6.03 Å². The minimum atomic E-state index is -0.442. The summed E-state index contributed by atoms with van der Waals surface area (Å²) < 4.78 is 5.48. The second-order valence-corrected chi connectivity index (χ2v) is 6.81. The van der Waals surface area contributed by atoms with E-state index in [4.69, 9.17) is 4.74 Å². The van der Waals surface area contributed by atoms with Crippen LogP contribution in [-0.2, 0) is 11.2 Å². The van der Waals surface area contributed by atoms with Gasteiger partial charge in [-0.25, -0.2) is 4.79 Å². The van der Waals surface area contributed by atoms with Gasteiger partial charge in [0.25, 0.3) is 0 Å². The lowest BCUT2D eigenvalue weighted by Gasteiger charge is -2.37. The number of amides is 2. The number of nitrogens with one attached hydrogen (secondary N) is 1. The lowest BCUT2D eigenvalue weighted by atomic mass is 10.0. The maximum absolute atomic E-state index is 12.8. The van der Waals surface area contributed by atoms with E-state index in [9.17, 15) is 9.90 Å². The molecule has 1 heterocycles. The van der Waals surface area contributed by atoms with Crippen LogP contribution in [-0.4, -0.2) is 47.9 Å². The van der Waals surface area contributed by atoms with Crippen LogP contribution >= 0.6 is 0 Å². The van der Waals surface area contributed by atoms with Crippen molar-refractivity contribution in [3.8, 4) is 0 Å². The number of carbonyl (C=O) groups is 1. The molecule has 1 aromatic rings. The number of urea groups is 1. The van der Waals surface area contributed by atoms with E-state index in [1.807, 2.05) is 11.0 Å². The number of morpholine rings is 1. The Morgan fingerprint density at radius 3 is 3.04 bits per heavy atom. The smallest absolute Gasteiger partial charge is 0.318 e. The van der Waals surface area contributed by atoms with Gasteiger partial charge in [0.1, 0.15) is 0 Å². The maximum Gasteiger partial charge on any atom is 0.318 e. The molecule has 5 heteroatoms. The molecule has 1 saturated heterocycles. The summed E-state index contributed by atoms with van der Waals surface area (Å²) in [5, 5.41) is 12.9. The van der Waals surface area contributed by atoms with Crippen LogP contribution in [0.5, 0.6) is 0 Å². The quantitative estimate of drug-likeness (QED) is 0.897. The summed E-state index contributed by atoms with van der Waals surface area (Å²) in [5.74, 6) is 0.396. The molecule has 1 fully saturated rings. The van der Waals surface area contributed by atoms with E-state index in [1.54, 1.807) is 6.92 Å². The molecule has 0 aromatic heterocycles. The van der Waals surface area contributed by atoms with Crippen molar-refractivity contribution >= 4 is 6.03 Å². The Bertz CT molecular complexity index is 561. The van der Waals surface area contributed by atoms with Crippen LogP contribution in [0.3, 0.4) is 0 Å². The fourth-order valence-electron chi connectivity index (χ4n) is 3.74. The molecular formula is C18H26N2O3. The van der Waals surface area contributed by atoms with E-state index in [-0.39, 0.29) is 18.1 Å². The van der Waals surface area contributed by atoms with Crippen LogP contribution in [0.15, 0.2) is 24.3 Å². The predicted molar refractivity (Wildman–Crippen MR) is 88.2 cm³/mol. The van der Waals surface area contributed by atoms with Crippen LogP contribution in [0.25, 0.3) is 0 Å². The van der Waals surface area contributed by atoms with E-state index in [1.165, 1.54) is 11.1 Å². The van der Waals surface area contributed by atoms with Crippen LogP contribution in [0.4, 0.5) is 4.79 Å². The summed E-state index contributed by atoms with van der Waals surface area (Å²) in [7, 11) is 0. The average Bonchev–Trinajstić information content (AvgIpc) is 2.83. The zero-order valence-corrected chi connectivity index (χ0v) is 13.9. The van der Waals surface area contributed by atoms with Gasteiger partial charge in [-0.15, -0.1) is 0 Å². The first-order valence-electron chi connectivity index (χ1n) is 8.47. The number of fused-ring (bicyclic) bond motifs is 1. The van der Waals surface area contributed by atoms with Gasteiger partial charge in [0.05, 0.1) is 31.4 Å². The Kier molecular flexibility index (Phi) is 4.87. The molecule has 4 atom stereocenters. The number of aliphatic hydroxyl groups is 1. The second kappa shape index (κ2) is 6.89. The molecule has 5 nitrogen and oxygen atoms in total. The minimum Gasteiger partial charge on any atom is -0.393 e. The molecule has 126 valence electrons. The number of hydrogen-bond donors (Lipinski definition) is 2. The molecule has 0 spiro atoms. The van der Waals surface area contributed by atoms with Crippen molar-refractivity contribution in [3.63, 3.8) is 0 Å². The molecule has 23 heavy (non-hydrogen) atoms. The normalized spacial score (nSPS) is 28.3. The Morgan fingerprint density at radius 1 is 1.48 bits per heavy atom. The van der Waals surface area contributed by atoms with Crippen molar-refractivity contribution in [2.24, 2.45) is 5.92 Å². The first-order chi connectivity index (χ1) is 11.1. The van der Waals surface area contributed by atoms with Crippen LogP contribution in [0.1, 0.15) is 37.4 Å². The molecule has 1 aliphatic carbocycles. The maximum atomic E-state index is 12.8. The van der Waals surface area contributed by atoms with Gasteiger partial charge in [0.2, 0.25) is 0 Å². The predicted octanol–water partition coefficient (Wildman–Crippen LogP) is 2.10. The monoisotopic (exact) mass is 318 g/mol. The first-order valence-corrected chi connectivity index (χ1v) is 8.47. The topological polar surface area (TPSA) is 61.8 Å². The zero-order chi connectivity index (χ0) is 16.4. The van der Waals surface area contributed by atoms with Gasteiger partial charge in [-0.3, -0.25) is 0 Å². The summed E-state index contributed by atoms with van der Waals surface area (Å²) in [5.41, 5.74) is 2.56. The van der Waals surface area contributed by atoms with Gasteiger partial charge in [-0.1, -0.05) is 31.2 Å². The highest BCUT2D eigenvalue weighted by atomic mass is 16.5. The average molecular weight is 318 g/mol. The van der Waals surface area contributed by atoms with Gasteiger partial charge in [0, 0.05) is 6.54 Å². The number of aliphatic hydroxyl groups excluding tert-OH is 1. The van der Waals surface area contributed by atoms with Crippen molar-refractivity contribution in [2.45, 2.75) is 44.9 Å². The Labute approximate surface area is 137 Å². The van der Waals surface area contributed by atoms with E-state index in [0.717, 1.165) is 6.42 Å². The molecule has 2 amide bonds. The Balaban J connectivity index is 1.70. The Morgan fingerprint density at radius 2 is 2.26 bits per heavy atom. The number of ether oxygens (including phenoxy) is 1. The van der Waals surface area contributed by atoms with Crippen LogP contribution in [0, 0.1) is 5.92 Å². The highest BCUT2D eigenvalue weighted by molar-refractivity contribution is 5.75. The van der Waals surface area contributed by atoms with Crippen LogP contribution < -0.4 is 5.32 Å². The van der Waals surface area contributed by atoms with Crippen molar-refractivity contribution in [3.05, 3.63) is 35.4 Å². The summed E-state index contributed by atoms with van der Waals surface area (Å²) in [6.45, 7) is 5.55. The second-order valence-electron chi connectivity index (χ2n) is 6.81. The van der Waals surface area contributed by atoms with Crippen molar-refractivity contribution in [1.82, 2.24) is 10.2 Å². The molecular weight excluding hydrogens is 292 g/mol. The molecule has 2 N–H and O–H groups in total. The molecule has 3 rings (SSSR count). The number of nitrogens with zero attached hydrogens (tertiary/aromatic N) is 1. The third-order valence-corrected chi connectivity index (χ3v) is 4.88. The van der Waals surface area contributed by atoms with E-state index in [0.29, 0.717) is 32.1 Å². The number of rotatable bonds is 3. The molecule has 2 aliphatic rings. The Hall–Kier alpha value is -1.59. The molecule has 0 saturated carbocycles. The molecule has 1 aromatic carbocycles. The van der Waals surface area contributed by atoms with Crippen LogP contribution in [0.2, 0.25) is 0 Å². The fraction of sp³-hybridized carbons (Fsp3) is 0.611. The highest BCUT2D eigenvalue weighted by Crippen LogP contribution is 2.35. The summed E-state index contributed by atoms with van der Waals surface area (Å²) in [6.07, 6.45) is 1.11.